The molecule has 3 amide bonds. The molecule has 0 heterocycles. The lowest BCUT2D eigenvalue weighted by Gasteiger charge is -2.27. The van der Waals surface area contributed by atoms with Crippen LogP contribution in [0.5, 0.6) is 0 Å². The van der Waals surface area contributed by atoms with Crippen molar-refractivity contribution in [2.24, 2.45) is 28.1 Å². The minimum atomic E-state index is -1.53. The van der Waals surface area contributed by atoms with Gasteiger partial charge in [-0.05, 0) is 18.8 Å². The van der Waals surface area contributed by atoms with Crippen molar-refractivity contribution in [3.8, 4) is 0 Å². The number of carbonyl (C=O) groups excluding carboxylic acids is 3. The summed E-state index contributed by atoms with van der Waals surface area (Å²) in [5.74, 6) is -3.77. The molecule has 0 saturated carbocycles. The van der Waals surface area contributed by atoms with Crippen LogP contribution in [-0.4, -0.2) is 77.7 Å². The normalized spacial score (nSPS) is 14.5. The molecule has 0 aromatic rings. The zero-order chi connectivity index (χ0) is 23.3. The summed E-state index contributed by atoms with van der Waals surface area (Å²) in [4.78, 5) is 51.8. The second kappa shape index (κ2) is 14.1. The van der Waals surface area contributed by atoms with Crippen molar-refractivity contribution in [1.29, 1.82) is 0 Å². The van der Waals surface area contributed by atoms with Crippen molar-refractivity contribution in [3.63, 3.8) is 0 Å². The molecular formula is C17H33N7O6. The van der Waals surface area contributed by atoms with Crippen LogP contribution in [0.15, 0.2) is 4.99 Å². The van der Waals surface area contributed by atoms with E-state index in [1.54, 1.807) is 6.92 Å². The molecule has 172 valence electrons. The molecule has 4 atom stereocenters. The number of aliphatic hydroxyl groups excluding tert-OH is 1. The van der Waals surface area contributed by atoms with Gasteiger partial charge in [0.1, 0.15) is 18.1 Å². The lowest BCUT2D eigenvalue weighted by molar-refractivity contribution is -0.143. The van der Waals surface area contributed by atoms with Crippen LogP contribution in [-0.2, 0) is 19.2 Å². The molecule has 0 aliphatic carbocycles. The first kappa shape index (κ1) is 27.1. The molecule has 0 aliphatic heterocycles. The summed E-state index contributed by atoms with van der Waals surface area (Å²) in [6.07, 6.45) is 0.955. The van der Waals surface area contributed by atoms with Crippen LogP contribution in [0, 0.1) is 5.92 Å². The number of hydrogen-bond donors (Lipinski definition) is 8. The molecule has 0 aromatic carbocycles. The van der Waals surface area contributed by atoms with Gasteiger partial charge in [-0.15, -0.1) is 0 Å². The zero-order valence-electron chi connectivity index (χ0n) is 17.3. The number of amides is 3. The molecule has 0 radical (unpaired) electrons. The van der Waals surface area contributed by atoms with E-state index in [-0.39, 0.29) is 31.4 Å². The topological polar surface area (TPSA) is 235 Å². The van der Waals surface area contributed by atoms with Gasteiger partial charge in [0.05, 0.1) is 13.2 Å². The highest BCUT2D eigenvalue weighted by molar-refractivity contribution is 5.93. The maximum absolute atomic E-state index is 12.8. The summed E-state index contributed by atoms with van der Waals surface area (Å²) in [6, 6.07) is -3.61. The van der Waals surface area contributed by atoms with E-state index in [0.717, 1.165) is 0 Å². The Morgan fingerprint density at radius 1 is 1.03 bits per heavy atom. The molecular weight excluding hydrogens is 398 g/mol. The fourth-order valence-electron chi connectivity index (χ4n) is 2.43. The van der Waals surface area contributed by atoms with Gasteiger partial charge in [-0.1, -0.05) is 20.3 Å². The number of nitrogens with one attached hydrogen (secondary N) is 3. The summed E-state index contributed by atoms with van der Waals surface area (Å²) < 4.78 is 0. The molecule has 0 bridgehead atoms. The molecule has 0 aliphatic rings. The molecule has 13 heteroatoms. The van der Waals surface area contributed by atoms with E-state index in [9.17, 15) is 19.2 Å². The Kier molecular flexibility index (Phi) is 12.7. The Hall–Kier alpha value is -2.93. The van der Waals surface area contributed by atoms with Crippen LogP contribution in [0.3, 0.4) is 0 Å². The van der Waals surface area contributed by atoms with Gasteiger partial charge in [-0.25, -0.2) is 4.79 Å². The third-order valence-electron chi connectivity index (χ3n) is 4.37. The summed E-state index contributed by atoms with van der Waals surface area (Å²) in [5.41, 5.74) is 15.8. The monoisotopic (exact) mass is 431 g/mol. The number of carboxylic acid groups (broad SMARTS) is 1. The number of rotatable bonds is 14. The quantitative estimate of drug-likeness (QED) is 0.0775. The van der Waals surface area contributed by atoms with Gasteiger partial charge in [-0.2, -0.15) is 0 Å². The first-order valence-electron chi connectivity index (χ1n) is 9.56. The molecule has 11 N–H and O–H groups in total. The van der Waals surface area contributed by atoms with Crippen LogP contribution >= 0.6 is 0 Å². The fraction of sp³-hybridized carbons (Fsp3) is 0.706. The molecule has 30 heavy (non-hydrogen) atoms. The van der Waals surface area contributed by atoms with Gasteiger partial charge in [0.15, 0.2) is 5.96 Å². The number of aliphatic hydroxyl groups is 1. The van der Waals surface area contributed by atoms with Crippen molar-refractivity contribution in [3.05, 3.63) is 0 Å². The first-order chi connectivity index (χ1) is 14.1. The van der Waals surface area contributed by atoms with Gasteiger partial charge in [0.2, 0.25) is 17.7 Å². The second-order valence-corrected chi connectivity index (χ2v) is 6.73. The number of aliphatic imine (C=N–C) groups is 1. The molecule has 0 rings (SSSR count). The van der Waals surface area contributed by atoms with Crippen LogP contribution in [0.4, 0.5) is 0 Å². The number of hydrogen-bond acceptors (Lipinski definition) is 7. The average molecular weight is 431 g/mol. The van der Waals surface area contributed by atoms with E-state index in [1.807, 2.05) is 6.92 Å². The molecule has 13 nitrogen and oxygen atoms in total. The largest absolute Gasteiger partial charge is 0.480 e. The predicted octanol–water partition coefficient (Wildman–Crippen LogP) is -3.42. The number of aliphatic carboxylic acids is 1. The van der Waals surface area contributed by atoms with Crippen molar-refractivity contribution in [1.82, 2.24) is 16.0 Å². The zero-order valence-corrected chi connectivity index (χ0v) is 17.3. The highest BCUT2D eigenvalue weighted by atomic mass is 16.4. The Bertz CT molecular complexity index is 624. The number of nitrogens with two attached hydrogens (primary N) is 3. The lowest BCUT2D eigenvalue weighted by Crippen LogP contribution is -2.58. The third kappa shape index (κ3) is 10.0. The van der Waals surface area contributed by atoms with E-state index in [4.69, 9.17) is 27.4 Å². The van der Waals surface area contributed by atoms with Gasteiger partial charge in [0.25, 0.3) is 0 Å². The fourth-order valence-corrected chi connectivity index (χ4v) is 2.43. The smallest absolute Gasteiger partial charge is 0.328 e. The van der Waals surface area contributed by atoms with Gasteiger partial charge < -0.3 is 43.4 Å². The number of carboxylic acids is 1. The standard InChI is InChI=1S/C17H33N7O6/c1-3-9(2)13(24-12(26)7-18)15(28)22-10(5-4-6-21-17(19)20)14(27)23-11(8-25)16(29)30/h9-11,13,25H,3-8,18H2,1-2H3,(H,22,28)(H,23,27)(H,24,26)(H,29,30)(H4,19,20,21). The minimum absolute atomic E-state index is 0.0875. The van der Waals surface area contributed by atoms with Crippen molar-refractivity contribution < 1.29 is 29.4 Å². The number of carbonyl (C=O) groups is 4. The van der Waals surface area contributed by atoms with Crippen LogP contribution in [0.2, 0.25) is 0 Å². The summed E-state index contributed by atoms with van der Waals surface area (Å²) in [7, 11) is 0. The van der Waals surface area contributed by atoms with Crippen molar-refractivity contribution in [2.45, 2.75) is 51.2 Å². The average Bonchev–Trinajstić information content (AvgIpc) is 2.70. The molecule has 0 saturated heterocycles. The highest BCUT2D eigenvalue weighted by Gasteiger charge is 2.31. The minimum Gasteiger partial charge on any atom is -0.480 e. The summed E-state index contributed by atoms with van der Waals surface area (Å²) in [6.45, 7) is 2.64. The lowest BCUT2D eigenvalue weighted by atomic mass is 9.97. The van der Waals surface area contributed by atoms with E-state index in [1.165, 1.54) is 0 Å². The van der Waals surface area contributed by atoms with Crippen LogP contribution in [0.25, 0.3) is 0 Å². The number of nitrogens with zero attached hydrogens (tertiary/aromatic N) is 1. The SMILES string of the molecule is CCC(C)C(NC(=O)CN)C(=O)NC(CCCN=C(N)N)C(=O)NC(CO)C(=O)O. The molecule has 0 fully saturated rings. The Morgan fingerprint density at radius 2 is 1.63 bits per heavy atom. The summed E-state index contributed by atoms with van der Waals surface area (Å²) in [5, 5.41) is 25.3. The Morgan fingerprint density at radius 3 is 2.10 bits per heavy atom. The van der Waals surface area contributed by atoms with E-state index in [0.29, 0.717) is 12.8 Å². The molecule has 0 aromatic heterocycles. The second-order valence-electron chi connectivity index (χ2n) is 6.73. The van der Waals surface area contributed by atoms with Crippen molar-refractivity contribution in [2.75, 3.05) is 19.7 Å². The van der Waals surface area contributed by atoms with Crippen LogP contribution < -0.4 is 33.2 Å². The maximum Gasteiger partial charge on any atom is 0.328 e. The van der Waals surface area contributed by atoms with E-state index < -0.39 is 48.4 Å². The third-order valence-corrected chi connectivity index (χ3v) is 4.37. The van der Waals surface area contributed by atoms with E-state index in [2.05, 4.69) is 20.9 Å². The van der Waals surface area contributed by atoms with Gasteiger partial charge in [0, 0.05) is 6.54 Å². The maximum atomic E-state index is 12.8. The number of guanidine groups is 1. The first-order valence-corrected chi connectivity index (χ1v) is 9.56. The predicted molar refractivity (Wildman–Crippen MR) is 109 cm³/mol. The van der Waals surface area contributed by atoms with E-state index >= 15 is 0 Å². The Balaban J connectivity index is 5.40. The van der Waals surface area contributed by atoms with Gasteiger partial charge in [-0.3, -0.25) is 19.4 Å². The Labute approximate surface area is 174 Å². The molecule has 4 unspecified atom stereocenters. The van der Waals surface area contributed by atoms with Crippen molar-refractivity contribution >= 4 is 29.7 Å². The highest BCUT2D eigenvalue weighted by Crippen LogP contribution is 2.09. The summed E-state index contributed by atoms with van der Waals surface area (Å²) >= 11 is 0. The molecule has 0 spiro atoms. The van der Waals surface area contributed by atoms with Gasteiger partial charge >= 0.3 is 5.97 Å². The van der Waals surface area contributed by atoms with Crippen LogP contribution in [0.1, 0.15) is 33.1 Å².